The summed E-state index contributed by atoms with van der Waals surface area (Å²) < 4.78 is 5.85. The summed E-state index contributed by atoms with van der Waals surface area (Å²) in [5.41, 5.74) is 5.87. The van der Waals surface area contributed by atoms with E-state index in [-0.39, 0.29) is 0 Å². The third kappa shape index (κ3) is 4.63. The molecule has 1 aromatic heterocycles. The molecule has 18 heavy (non-hydrogen) atoms. The number of hydrogen-bond donors (Lipinski definition) is 2. The van der Waals surface area contributed by atoms with Gasteiger partial charge < -0.3 is 15.8 Å². The fraction of sp³-hybridized carbons (Fsp3) is 0.643. The van der Waals surface area contributed by atoms with E-state index in [2.05, 4.69) is 10.3 Å². The molecule has 1 aromatic rings. The molecule has 0 unspecified atom stereocenters. The Hall–Kier alpha value is -1.13. The van der Waals surface area contributed by atoms with Gasteiger partial charge in [0.1, 0.15) is 5.82 Å². The minimum absolute atomic E-state index is 0.399. The number of aromatic nitrogens is 1. The molecule has 4 heteroatoms. The molecule has 1 fully saturated rings. The lowest BCUT2D eigenvalue weighted by atomic mass is 9.94. The minimum atomic E-state index is 0.399. The second-order valence-electron chi connectivity index (χ2n) is 4.90. The van der Waals surface area contributed by atoms with Crippen LogP contribution in [0.15, 0.2) is 24.4 Å². The van der Waals surface area contributed by atoms with Gasteiger partial charge in [0.05, 0.1) is 6.10 Å². The van der Waals surface area contributed by atoms with Crippen LogP contribution in [-0.2, 0) is 4.74 Å². The van der Waals surface area contributed by atoms with E-state index in [1.165, 1.54) is 0 Å². The van der Waals surface area contributed by atoms with Crippen molar-refractivity contribution in [1.29, 1.82) is 0 Å². The number of ether oxygens (including phenoxy) is 1. The summed E-state index contributed by atoms with van der Waals surface area (Å²) in [6.45, 7) is 1.73. The van der Waals surface area contributed by atoms with Gasteiger partial charge in [-0.1, -0.05) is 6.07 Å². The fourth-order valence-electron chi connectivity index (χ4n) is 2.26. The zero-order valence-electron chi connectivity index (χ0n) is 10.8. The van der Waals surface area contributed by atoms with Crippen LogP contribution in [0.2, 0.25) is 0 Å². The lowest BCUT2D eigenvalue weighted by molar-refractivity contribution is 0.0251. The first-order chi connectivity index (χ1) is 8.84. The highest BCUT2D eigenvalue weighted by Gasteiger charge is 2.18. The lowest BCUT2D eigenvalue weighted by Gasteiger charge is -2.26. The summed E-state index contributed by atoms with van der Waals surface area (Å²) in [5, 5.41) is 3.28. The molecular weight excluding hydrogens is 226 g/mol. The molecule has 0 atom stereocenters. The summed E-state index contributed by atoms with van der Waals surface area (Å²) in [6, 6.07) is 6.28. The number of hydrogen-bond acceptors (Lipinski definition) is 4. The first kappa shape index (κ1) is 13.3. The van der Waals surface area contributed by atoms with Gasteiger partial charge in [0.25, 0.3) is 0 Å². The van der Waals surface area contributed by atoms with Crippen molar-refractivity contribution in [2.75, 3.05) is 18.5 Å². The third-order valence-electron chi connectivity index (χ3n) is 3.36. The summed E-state index contributed by atoms with van der Waals surface area (Å²) in [7, 11) is 0. The van der Waals surface area contributed by atoms with Gasteiger partial charge in [-0.05, 0) is 44.2 Å². The molecule has 3 N–H and O–H groups in total. The largest absolute Gasteiger partial charge is 0.378 e. The monoisotopic (exact) mass is 249 g/mol. The average molecular weight is 249 g/mol. The molecule has 0 amide bonds. The Labute approximate surface area is 109 Å². The Kier molecular flexibility index (Phi) is 5.42. The van der Waals surface area contributed by atoms with Crippen LogP contribution in [0.25, 0.3) is 0 Å². The third-order valence-corrected chi connectivity index (χ3v) is 3.36. The Morgan fingerprint density at radius 1 is 1.28 bits per heavy atom. The van der Waals surface area contributed by atoms with Crippen LogP contribution in [0.3, 0.4) is 0 Å². The van der Waals surface area contributed by atoms with Crippen molar-refractivity contribution in [3.8, 4) is 0 Å². The van der Waals surface area contributed by atoms with Gasteiger partial charge in [-0.3, -0.25) is 0 Å². The van der Waals surface area contributed by atoms with Crippen LogP contribution in [0.1, 0.15) is 32.1 Å². The number of rotatable bonds is 6. The summed E-state index contributed by atoms with van der Waals surface area (Å²) in [6.07, 6.45) is 7.69. The Morgan fingerprint density at radius 3 is 2.83 bits per heavy atom. The first-order valence-corrected chi connectivity index (χ1v) is 6.86. The highest BCUT2D eigenvalue weighted by atomic mass is 16.5. The van der Waals surface area contributed by atoms with Crippen molar-refractivity contribution in [1.82, 2.24) is 4.98 Å². The Morgan fingerprint density at radius 2 is 2.11 bits per heavy atom. The van der Waals surface area contributed by atoms with Gasteiger partial charge in [0, 0.05) is 25.4 Å². The van der Waals surface area contributed by atoms with Crippen LogP contribution in [0, 0.1) is 0 Å². The summed E-state index contributed by atoms with van der Waals surface area (Å²) in [5.74, 6) is 0.932. The number of nitrogens with zero attached hydrogens (tertiary/aromatic N) is 1. The van der Waals surface area contributed by atoms with Crippen molar-refractivity contribution in [3.63, 3.8) is 0 Å². The first-order valence-electron chi connectivity index (χ1n) is 6.86. The molecule has 2 rings (SSSR count). The molecular formula is C14H23N3O. The van der Waals surface area contributed by atoms with Gasteiger partial charge in [0.15, 0.2) is 0 Å². The molecule has 0 spiro atoms. The normalized spacial score (nSPS) is 23.8. The van der Waals surface area contributed by atoms with Crippen molar-refractivity contribution in [2.24, 2.45) is 5.73 Å². The number of nitrogens with two attached hydrogens (primary N) is 1. The van der Waals surface area contributed by atoms with Crippen LogP contribution in [0.4, 0.5) is 5.82 Å². The number of pyridine rings is 1. The molecule has 100 valence electrons. The predicted octanol–water partition coefficient (Wildman–Crippen LogP) is 2.17. The number of anilines is 1. The van der Waals surface area contributed by atoms with E-state index in [9.17, 15) is 0 Å². The van der Waals surface area contributed by atoms with Gasteiger partial charge in [-0.15, -0.1) is 0 Å². The topological polar surface area (TPSA) is 60.2 Å². The molecule has 0 aromatic carbocycles. The van der Waals surface area contributed by atoms with Gasteiger partial charge in [-0.25, -0.2) is 4.98 Å². The lowest BCUT2D eigenvalue weighted by Crippen LogP contribution is -2.30. The van der Waals surface area contributed by atoms with E-state index in [1.807, 2.05) is 18.2 Å². The summed E-state index contributed by atoms with van der Waals surface area (Å²) in [4.78, 5) is 4.21. The quantitative estimate of drug-likeness (QED) is 0.759. The van der Waals surface area contributed by atoms with Gasteiger partial charge in [0.2, 0.25) is 0 Å². The van der Waals surface area contributed by atoms with E-state index in [0.717, 1.165) is 51.1 Å². The highest BCUT2D eigenvalue weighted by molar-refractivity contribution is 5.32. The molecule has 0 saturated heterocycles. The van der Waals surface area contributed by atoms with Gasteiger partial charge >= 0.3 is 0 Å². The highest BCUT2D eigenvalue weighted by Crippen LogP contribution is 2.19. The fourth-order valence-corrected chi connectivity index (χ4v) is 2.26. The smallest absolute Gasteiger partial charge is 0.125 e. The van der Waals surface area contributed by atoms with Gasteiger partial charge in [-0.2, -0.15) is 0 Å². The van der Waals surface area contributed by atoms with E-state index in [4.69, 9.17) is 10.5 Å². The van der Waals surface area contributed by atoms with Crippen molar-refractivity contribution >= 4 is 5.82 Å². The van der Waals surface area contributed by atoms with Crippen molar-refractivity contribution in [2.45, 2.75) is 44.2 Å². The maximum atomic E-state index is 5.87. The average Bonchev–Trinajstić information content (AvgIpc) is 2.42. The van der Waals surface area contributed by atoms with E-state index < -0.39 is 0 Å². The van der Waals surface area contributed by atoms with Crippen molar-refractivity contribution < 1.29 is 4.74 Å². The molecule has 1 aliphatic rings. The molecule has 0 radical (unpaired) electrons. The molecule has 0 bridgehead atoms. The number of nitrogens with one attached hydrogen (secondary N) is 1. The van der Waals surface area contributed by atoms with E-state index in [1.54, 1.807) is 6.20 Å². The van der Waals surface area contributed by atoms with E-state index >= 15 is 0 Å². The van der Waals surface area contributed by atoms with Crippen molar-refractivity contribution in [3.05, 3.63) is 24.4 Å². The Balaban J connectivity index is 1.51. The molecule has 1 saturated carbocycles. The SMILES string of the molecule is NC1CCC(OCCCNc2ccccn2)CC1. The minimum Gasteiger partial charge on any atom is -0.378 e. The Bertz CT molecular complexity index is 323. The zero-order chi connectivity index (χ0) is 12.6. The second kappa shape index (κ2) is 7.34. The maximum Gasteiger partial charge on any atom is 0.125 e. The van der Waals surface area contributed by atoms with Crippen LogP contribution in [-0.4, -0.2) is 30.3 Å². The molecule has 0 aliphatic heterocycles. The molecule has 1 heterocycles. The molecule has 4 nitrogen and oxygen atoms in total. The molecule has 1 aliphatic carbocycles. The van der Waals surface area contributed by atoms with Crippen LogP contribution in [0.5, 0.6) is 0 Å². The van der Waals surface area contributed by atoms with E-state index in [0.29, 0.717) is 12.1 Å². The standard InChI is InChI=1S/C14H23N3O/c15-12-5-7-13(8-6-12)18-11-3-10-17-14-4-1-2-9-16-14/h1-2,4,9,12-13H,3,5-8,10-11,15H2,(H,16,17). The summed E-state index contributed by atoms with van der Waals surface area (Å²) >= 11 is 0. The maximum absolute atomic E-state index is 5.87. The predicted molar refractivity (Wildman–Crippen MR) is 73.5 cm³/mol. The zero-order valence-corrected chi connectivity index (χ0v) is 10.8. The van der Waals surface area contributed by atoms with Crippen LogP contribution >= 0.6 is 0 Å². The second-order valence-corrected chi connectivity index (χ2v) is 4.90. The van der Waals surface area contributed by atoms with Crippen LogP contribution < -0.4 is 11.1 Å².